The number of hydrogen-bond acceptors (Lipinski definition) is 15. The molecule has 106 heavy (non-hydrogen) atoms. The fraction of sp³-hybridized carbons (Fsp3) is 0.360. The zero-order valence-electron chi connectivity index (χ0n) is 60.5. The van der Waals surface area contributed by atoms with Crippen LogP contribution in [0.3, 0.4) is 0 Å². The number of nitrogens with one attached hydrogen (secondary N) is 1. The van der Waals surface area contributed by atoms with Gasteiger partial charge in [0.05, 0.1) is 17.3 Å². The quantitative estimate of drug-likeness (QED) is 0.0707. The normalized spacial score (nSPS) is 16.4. The van der Waals surface area contributed by atoms with Crippen molar-refractivity contribution in [2.45, 2.75) is 158 Å². The van der Waals surface area contributed by atoms with Crippen molar-refractivity contribution in [2.75, 3.05) is 45.8 Å². The molecule has 0 radical (unpaired) electrons. The molecular weight excluding hydrogens is 1330 g/mol. The van der Waals surface area contributed by atoms with Gasteiger partial charge in [-0.25, -0.2) is 14.2 Å². The van der Waals surface area contributed by atoms with E-state index in [9.17, 15) is 24.0 Å². The van der Waals surface area contributed by atoms with Gasteiger partial charge in [-0.15, -0.1) is 20.4 Å². The summed E-state index contributed by atoms with van der Waals surface area (Å²) in [7, 11) is 0. The Hall–Kier alpha value is -10.8. The number of likely N-dealkylation sites (N-methyl/N-ethyl adjacent to an activating group) is 2. The average molecular weight is 1430 g/mol. The number of likely N-dealkylation sites (tertiary alicyclic amines) is 3. The summed E-state index contributed by atoms with van der Waals surface area (Å²) in [6.07, 6.45) is 4.13. The number of nitrogens with zero attached hydrogens (tertiary/aromatic N) is 10. The molecule has 3 fully saturated rings. The van der Waals surface area contributed by atoms with Gasteiger partial charge in [0.25, 0.3) is 0 Å². The van der Waals surface area contributed by atoms with Crippen LogP contribution in [0, 0.1) is 6.92 Å². The molecule has 7 aromatic carbocycles. The highest BCUT2D eigenvalue weighted by Gasteiger charge is 2.42. The number of ketones is 1. The smallest absolute Gasteiger partial charge is 0.419 e. The predicted octanol–water partition coefficient (Wildman–Crippen LogP) is 18.0. The zero-order chi connectivity index (χ0) is 72.6. The van der Waals surface area contributed by atoms with Crippen LogP contribution in [-0.4, -0.2) is 142 Å². The summed E-state index contributed by atoms with van der Waals surface area (Å²) in [6, 6.07) is 59.5. The molecule has 3 aliphatic rings. The molecule has 14 rings (SSSR count). The second-order valence-electron chi connectivity index (χ2n) is 28.0. The number of carbonyl (C=O) groups is 5. The van der Waals surface area contributed by atoms with Crippen molar-refractivity contribution in [1.82, 2.24) is 54.4 Å². The number of H-pyrrole nitrogens is 1. The van der Waals surface area contributed by atoms with Crippen LogP contribution >= 0.6 is 0 Å². The Morgan fingerprint density at radius 2 is 1.04 bits per heavy atom. The third kappa shape index (κ3) is 16.8. The fourth-order valence-corrected chi connectivity index (χ4v) is 14.8. The van der Waals surface area contributed by atoms with Crippen LogP contribution < -0.4 is 0 Å². The van der Waals surface area contributed by atoms with Crippen molar-refractivity contribution in [3.63, 3.8) is 0 Å². The Bertz CT molecular complexity index is 4790. The zero-order valence-corrected chi connectivity index (χ0v) is 60.5. The van der Waals surface area contributed by atoms with Crippen molar-refractivity contribution < 1.29 is 42.3 Å². The summed E-state index contributed by atoms with van der Waals surface area (Å²) in [5.74, 6) is 1.77. The maximum Gasteiger partial charge on any atom is 0.419 e. The maximum atomic E-state index is 14.2. The van der Waals surface area contributed by atoms with Gasteiger partial charge in [-0.05, 0) is 186 Å². The van der Waals surface area contributed by atoms with E-state index in [0.29, 0.717) is 49.6 Å². The van der Waals surface area contributed by atoms with Gasteiger partial charge in [0.15, 0.2) is 5.78 Å². The van der Waals surface area contributed by atoms with Crippen molar-refractivity contribution in [3.05, 3.63) is 228 Å². The third-order valence-electron chi connectivity index (χ3n) is 20.1. The third-order valence-corrected chi connectivity index (χ3v) is 20.1. The Morgan fingerprint density at radius 3 is 1.60 bits per heavy atom. The van der Waals surface area contributed by atoms with Crippen LogP contribution in [0.15, 0.2) is 197 Å². The summed E-state index contributed by atoms with van der Waals surface area (Å²) < 4.78 is 25.3. The van der Waals surface area contributed by atoms with E-state index in [-0.39, 0.29) is 63.6 Å². The van der Waals surface area contributed by atoms with Crippen molar-refractivity contribution in [3.8, 4) is 45.4 Å². The summed E-state index contributed by atoms with van der Waals surface area (Å²) >= 11 is 0. The molecule has 7 heterocycles. The number of carbonyl (C=O) groups excluding carboxylic acids is 5. The van der Waals surface area contributed by atoms with Crippen molar-refractivity contribution >= 4 is 51.6 Å². The van der Waals surface area contributed by atoms with Gasteiger partial charge < -0.3 is 33.1 Å². The Kier molecular flexibility index (Phi) is 24.4. The lowest BCUT2D eigenvalue weighted by molar-refractivity contribution is -0.142. The van der Waals surface area contributed by atoms with Crippen LogP contribution in [0.4, 0.5) is 9.59 Å². The summed E-state index contributed by atoms with van der Waals surface area (Å²) in [5.41, 5.74) is 11.1. The monoisotopic (exact) mass is 1430 g/mol. The molecule has 3 amide bonds. The minimum Gasteiger partial charge on any atom is -0.445 e. The minimum absolute atomic E-state index is 0. The van der Waals surface area contributed by atoms with E-state index in [1.54, 1.807) is 9.47 Å². The van der Waals surface area contributed by atoms with Gasteiger partial charge in [-0.3, -0.25) is 29.1 Å². The summed E-state index contributed by atoms with van der Waals surface area (Å²) in [6.45, 7) is 21.0. The van der Waals surface area contributed by atoms with Crippen LogP contribution in [-0.2, 0) is 36.9 Å². The Morgan fingerprint density at radius 1 is 0.528 bits per heavy atom. The molecule has 0 unspecified atom stereocenters. The highest BCUT2D eigenvalue weighted by atomic mass is 16.6. The highest BCUT2D eigenvalue weighted by molar-refractivity contribution is 5.97. The van der Waals surface area contributed by atoms with E-state index < -0.39 is 29.9 Å². The Balaban J connectivity index is 0.000000220. The largest absolute Gasteiger partial charge is 0.445 e. The van der Waals surface area contributed by atoms with Crippen molar-refractivity contribution in [1.29, 1.82) is 0 Å². The molecule has 3 aliphatic heterocycles. The molecule has 20 heteroatoms. The first-order valence-corrected chi connectivity index (χ1v) is 36.5. The topological polar surface area (TPSA) is 219 Å². The van der Waals surface area contributed by atoms with E-state index >= 15 is 0 Å². The van der Waals surface area contributed by atoms with Gasteiger partial charge in [0.2, 0.25) is 35.4 Å². The van der Waals surface area contributed by atoms with Gasteiger partial charge in [-0.1, -0.05) is 176 Å². The molecular formula is C86H99N11O9. The van der Waals surface area contributed by atoms with E-state index in [1.807, 2.05) is 207 Å². The first-order chi connectivity index (χ1) is 50.5. The number of ether oxygens (including phenoxy) is 2. The molecule has 0 bridgehead atoms. The fourth-order valence-electron chi connectivity index (χ4n) is 14.8. The number of hydrogen-bond donors (Lipinski definition) is 1. The number of amides is 3. The molecule has 3 saturated heterocycles. The van der Waals surface area contributed by atoms with Gasteiger partial charge in [0.1, 0.15) is 36.4 Å². The number of aromatic amines is 1. The van der Waals surface area contributed by atoms with E-state index in [0.717, 1.165) is 142 Å². The number of aromatic nitrogens is 6. The average Bonchev–Trinajstić information content (AvgIpc) is 1.62. The lowest BCUT2D eigenvalue weighted by Crippen LogP contribution is -2.47. The van der Waals surface area contributed by atoms with Crippen LogP contribution in [0.5, 0.6) is 0 Å². The number of fused-ring (bicyclic) bond motifs is 2. The molecule has 0 saturated carbocycles. The number of benzene rings is 7. The van der Waals surface area contributed by atoms with Gasteiger partial charge in [0, 0.05) is 59.2 Å². The number of rotatable bonds is 21. The molecule has 11 aromatic rings. The van der Waals surface area contributed by atoms with E-state index in [1.165, 1.54) is 0 Å². The van der Waals surface area contributed by atoms with E-state index in [2.05, 4.69) is 81.1 Å². The van der Waals surface area contributed by atoms with Gasteiger partial charge >= 0.3 is 12.2 Å². The summed E-state index contributed by atoms with van der Waals surface area (Å²) in [4.78, 5) is 81.8. The Labute approximate surface area is 621 Å². The van der Waals surface area contributed by atoms with Crippen LogP contribution in [0.2, 0.25) is 0 Å². The molecule has 1 N–H and O–H groups in total. The molecule has 0 aliphatic carbocycles. The lowest BCUT2D eigenvalue weighted by atomic mass is 9.99. The second-order valence-corrected chi connectivity index (χ2v) is 28.0. The molecule has 5 atom stereocenters. The lowest BCUT2D eigenvalue weighted by Gasteiger charge is -2.34. The number of Topliss-reactive ketones (excluding diaryl/α,β-unsaturated/α-hetero) is 1. The maximum absolute atomic E-state index is 14.2. The minimum atomic E-state index is -0.636. The molecule has 20 nitrogen and oxygen atoms in total. The van der Waals surface area contributed by atoms with Crippen LogP contribution in [0.25, 0.3) is 67.2 Å². The SMILES string of the molecule is C.C.CCN(CC)[C@@H](C(=O)N1CCC[C@H]1C(=O)Cc1ccc2[nH]c(-c3ccc(-c4nnc([C@@H]5CCCN5C(=O)[C@@H](c5ccccc5)N(CC)CC)o4)cc3)cc2c1)c1ccccc1.Cc1ccc2c(c1)cc(-c1ccc(-c3nnc([C@H]4CCCN4C(=O)OCc4ccccc4)o3)cc1)n2C(=O)OC(C)(C)C. The second kappa shape index (κ2) is 34.0. The van der Waals surface area contributed by atoms with Crippen molar-refractivity contribution in [2.24, 2.45) is 0 Å². The highest BCUT2D eigenvalue weighted by Crippen LogP contribution is 2.40. The molecule has 4 aromatic heterocycles. The van der Waals surface area contributed by atoms with Gasteiger partial charge in [-0.2, -0.15) is 0 Å². The first kappa shape index (κ1) is 76.3. The van der Waals surface area contributed by atoms with Crippen LogP contribution in [0.1, 0.15) is 166 Å². The molecule has 552 valence electrons. The van der Waals surface area contributed by atoms with E-state index in [4.69, 9.17) is 18.3 Å². The standard InChI is InChI=1S/C50H57N7O4.C34H34N4O5.2CH4/c1-5-54(6-2)45(36-17-11-9-12-18-36)49(59)56-29-15-21-42(56)44(58)32-34-23-28-40-39(31-34)33-41(51-40)35-24-26-38(27-25-35)47-52-53-48(61-47)43-22-16-30-57(43)50(60)46(55(7-3)8-4)37-19-13-10-14-20-37;1-22-12-17-27-26(19-22)20-29(38(27)33(40)43-34(2,3)4)24-13-15-25(16-14-24)30-35-36-31(42-30)28-11-8-18-37(28)32(39)41-21-23-9-6-5-7-10-23;;/h9-14,17-20,23-28,31,33,42-43,45-46,51H,5-8,15-16,21-22,29-30,32H2,1-4H3;5-7,9-10,12-17,19-20,28H,8,11,18,21H2,1-4H3;2*1H4/t42-,43-,45+,46+;28-;;/m01../s1. The summed E-state index contributed by atoms with van der Waals surface area (Å²) in [5, 5.41) is 19.4. The predicted molar refractivity (Wildman–Crippen MR) is 414 cm³/mol. The molecule has 0 spiro atoms. The number of aryl methyl sites for hydroxylation is 1. The first-order valence-electron chi connectivity index (χ1n) is 36.5.